The predicted molar refractivity (Wildman–Crippen MR) is 112 cm³/mol. The minimum atomic E-state index is 0.279. The first-order chi connectivity index (χ1) is 13.6. The summed E-state index contributed by atoms with van der Waals surface area (Å²) in [5.74, 6) is 3.33. The van der Waals surface area contributed by atoms with E-state index in [4.69, 9.17) is 9.26 Å². The largest absolute Gasteiger partial charge is 0.489 e. The molecule has 2 N–H and O–H groups in total. The molecule has 0 amide bonds. The molecule has 28 heavy (non-hydrogen) atoms. The minimum absolute atomic E-state index is 0.279. The van der Waals surface area contributed by atoms with Crippen LogP contribution in [0.4, 0.5) is 0 Å². The normalized spacial score (nSPS) is 11.5. The van der Waals surface area contributed by atoms with Crippen LogP contribution in [0.1, 0.15) is 50.4 Å². The second kappa shape index (κ2) is 11.8. The summed E-state index contributed by atoms with van der Waals surface area (Å²) >= 11 is 0. The lowest BCUT2D eigenvalue weighted by Crippen LogP contribution is -2.37. The van der Waals surface area contributed by atoms with Gasteiger partial charge in [-0.25, -0.2) is 4.99 Å². The molecular weight excluding hydrogens is 354 g/mol. The summed E-state index contributed by atoms with van der Waals surface area (Å²) in [4.78, 5) is 9.06. The molecule has 0 unspecified atom stereocenters. The lowest BCUT2D eigenvalue weighted by molar-refractivity contribution is 0.359. The molecule has 7 heteroatoms. The number of para-hydroxylation sites is 1. The second-order valence-electron chi connectivity index (χ2n) is 6.63. The van der Waals surface area contributed by atoms with Gasteiger partial charge in [0.2, 0.25) is 5.89 Å². The van der Waals surface area contributed by atoms with Crippen molar-refractivity contribution in [1.29, 1.82) is 0 Å². The molecular formula is C21H31N5O2. The Morgan fingerprint density at radius 2 is 2.14 bits per heavy atom. The number of hydrogen-bond donors (Lipinski definition) is 2. The number of ether oxygens (including phenoxy) is 1. The van der Waals surface area contributed by atoms with Crippen LogP contribution in [0.15, 0.2) is 46.4 Å². The van der Waals surface area contributed by atoms with Crippen LogP contribution < -0.4 is 15.4 Å². The summed E-state index contributed by atoms with van der Waals surface area (Å²) in [7, 11) is 0. The van der Waals surface area contributed by atoms with E-state index in [-0.39, 0.29) is 5.92 Å². The maximum absolute atomic E-state index is 5.69. The monoisotopic (exact) mass is 385 g/mol. The van der Waals surface area contributed by atoms with Gasteiger partial charge in [-0.2, -0.15) is 4.98 Å². The number of nitrogens with zero attached hydrogens (tertiary/aromatic N) is 3. The Morgan fingerprint density at radius 3 is 2.86 bits per heavy atom. The van der Waals surface area contributed by atoms with Crippen LogP contribution in [0.5, 0.6) is 5.75 Å². The molecule has 0 radical (unpaired) electrons. The first-order valence-electron chi connectivity index (χ1n) is 9.80. The molecule has 0 fully saturated rings. The van der Waals surface area contributed by atoms with Crippen molar-refractivity contribution in [2.24, 2.45) is 4.99 Å². The molecule has 1 heterocycles. The highest BCUT2D eigenvalue weighted by molar-refractivity contribution is 5.79. The molecule has 0 aliphatic heterocycles. The second-order valence-corrected chi connectivity index (χ2v) is 6.63. The third kappa shape index (κ3) is 7.06. The van der Waals surface area contributed by atoms with Gasteiger partial charge in [0.25, 0.3) is 0 Å². The van der Waals surface area contributed by atoms with E-state index in [1.807, 2.05) is 31.2 Å². The SMILES string of the molecule is C=CCOc1ccccc1CN=C(NCC)NCCCc1nc(C(C)C)no1. The Balaban J connectivity index is 1.85. The van der Waals surface area contributed by atoms with Crippen LogP contribution in [0.2, 0.25) is 0 Å². The summed E-state index contributed by atoms with van der Waals surface area (Å²) < 4.78 is 11.0. The van der Waals surface area contributed by atoms with E-state index in [0.717, 1.165) is 49.0 Å². The first kappa shape index (κ1) is 21.5. The zero-order chi connectivity index (χ0) is 20.2. The van der Waals surface area contributed by atoms with Crippen LogP contribution >= 0.6 is 0 Å². The zero-order valence-corrected chi connectivity index (χ0v) is 17.1. The fraction of sp³-hybridized carbons (Fsp3) is 0.476. The predicted octanol–water partition coefficient (Wildman–Crippen LogP) is 3.45. The number of aryl methyl sites for hydroxylation is 1. The van der Waals surface area contributed by atoms with Crippen molar-refractivity contribution >= 4 is 5.96 Å². The van der Waals surface area contributed by atoms with Gasteiger partial charge in [0, 0.05) is 31.0 Å². The smallest absolute Gasteiger partial charge is 0.226 e. The molecule has 2 aromatic rings. The third-order valence-electron chi connectivity index (χ3n) is 3.94. The Kier molecular flexibility index (Phi) is 9.04. The Bertz CT molecular complexity index is 755. The number of aliphatic imine (C=N–C) groups is 1. The van der Waals surface area contributed by atoms with E-state index in [1.165, 1.54) is 0 Å². The van der Waals surface area contributed by atoms with Crippen molar-refractivity contribution in [3.8, 4) is 5.75 Å². The molecule has 1 aromatic carbocycles. The van der Waals surface area contributed by atoms with E-state index in [1.54, 1.807) is 6.08 Å². The van der Waals surface area contributed by atoms with Crippen molar-refractivity contribution in [3.05, 3.63) is 54.2 Å². The van der Waals surface area contributed by atoms with Gasteiger partial charge in [0.15, 0.2) is 11.8 Å². The Labute approximate surface area is 167 Å². The lowest BCUT2D eigenvalue weighted by Gasteiger charge is -2.12. The summed E-state index contributed by atoms with van der Waals surface area (Å²) in [6.45, 7) is 12.4. The molecule has 0 saturated heterocycles. The maximum atomic E-state index is 5.69. The first-order valence-corrected chi connectivity index (χ1v) is 9.80. The zero-order valence-electron chi connectivity index (χ0n) is 17.1. The summed E-state index contributed by atoms with van der Waals surface area (Å²) in [6.07, 6.45) is 3.35. The number of rotatable bonds is 11. The maximum Gasteiger partial charge on any atom is 0.226 e. The summed E-state index contributed by atoms with van der Waals surface area (Å²) in [5.41, 5.74) is 1.04. The van der Waals surface area contributed by atoms with Crippen molar-refractivity contribution in [1.82, 2.24) is 20.8 Å². The highest BCUT2D eigenvalue weighted by atomic mass is 16.5. The van der Waals surface area contributed by atoms with Crippen LogP contribution in [0, 0.1) is 0 Å². The molecule has 7 nitrogen and oxygen atoms in total. The molecule has 0 aliphatic carbocycles. The summed E-state index contributed by atoms with van der Waals surface area (Å²) in [5, 5.41) is 10.6. The molecule has 1 aromatic heterocycles. The lowest BCUT2D eigenvalue weighted by atomic mass is 10.2. The van der Waals surface area contributed by atoms with Crippen molar-refractivity contribution in [2.75, 3.05) is 19.7 Å². The number of benzene rings is 1. The van der Waals surface area contributed by atoms with Crippen LogP contribution in [-0.4, -0.2) is 35.8 Å². The molecule has 0 saturated carbocycles. The van der Waals surface area contributed by atoms with Crippen LogP contribution in [0.3, 0.4) is 0 Å². The van der Waals surface area contributed by atoms with E-state index in [9.17, 15) is 0 Å². The molecule has 0 atom stereocenters. The van der Waals surface area contributed by atoms with Gasteiger partial charge >= 0.3 is 0 Å². The Hall–Kier alpha value is -2.83. The van der Waals surface area contributed by atoms with E-state index in [2.05, 4.69) is 46.2 Å². The van der Waals surface area contributed by atoms with E-state index < -0.39 is 0 Å². The Morgan fingerprint density at radius 1 is 1.32 bits per heavy atom. The fourth-order valence-corrected chi connectivity index (χ4v) is 2.48. The fourth-order valence-electron chi connectivity index (χ4n) is 2.48. The standard InChI is InChI=1S/C21H31N5O2/c1-5-14-27-18-11-8-7-10-17(18)15-24-21(22-6-2)23-13-9-12-19-25-20(16(3)4)26-28-19/h5,7-8,10-11,16H,1,6,9,12-15H2,2-4H3,(H2,22,23,24). The van der Waals surface area contributed by atoms with Crippen LogP contribution in [-0.2, 0) is 13.0 Å². The van der Waals surface area contributed by atoms with E-state index >= 15 is 0 Å². The summed E-state index contributed by atoms with van der Waals surface area (Å²) in [6, 6.07) is 7.91. The highest BCUT2D eigenvalue weighted by Gasteiger charge is 2.09. The van der Waals surface area contributed by atoms with Gasteiger partial charge in [0.05, 0.1) is 6.54 Å². The topological polar surface area (TPSA) is 84.6 Å². The van der Waals surface area contributed by atoms with Crippen molar-refractivity contribution in [3.63, 3.8) is 0 Å². The van der Waals surface area contributed by atoms with Gasteiger partial charge in [-0.15, -0.1) is 0 Å². The number of hydrogen-bond acceptors (Lipinski definition) is 5. The minimum Gasteiger partial charge on any atom is -0.489 e. The number of guanidine groups is 1. The third-order valence-corrected chi connectivity index (χ3v) is 3.94. The van der Waals surface area contributed by atoms with Crippen molar-refractivity contribution < 1.29 is 9.26 Å². The van der Waals surface area contributed by atoms with E-state index in [0.29, 0.717) is 19.0 Å². The van der Waals surface area contributed by atoms with Gasteiger partial charge in [-0.3, -0.25) is 0 Å². The quantitative estimate of drug-likeness (QED) is 0.267. The number of nitrogens with one attached hydrogen (secondary N) is 2. The average Bonchev–Trinajstić information content (AvgIpc) is 3.17. The van der Waals surface area contributed by atoms with Gasteiger partial charge < -0.3 is 19.9 Å². The van der Waals surface area contributed by atoms with Gasteiger partial charge in [0.1, 0.15) is 12.4 Å². The molecule has 2 rings (SSSR count). The number of aromatic nitrogens is 2. The van der Waals surface area contributed by atoms with Crippen molar-refractivity contribution in [2.45, 2.75) is 46.1 Å². The average molecular weight is 386 g/mol. The van der Waals surface area contributed by atoms with Gasteiger partial charge in [-0.05, 0) is 19.4 Å². The molecule has 152 valence electrons. The molecule has 0 bridgehead atoms. The van der Waals surface area contributed by atoms with Crippen LogP contribution in [0.25, 0.3) is 0 Å². The molecule has 0 aliphatic rings. The van der Waals surface area contributed by atoms with Gasteiger partial charge in [-0.1, -0.05) is 49.9 Å². The highest BCUT2D eigenvalue weighted by Crippen LogP contribution is 2.18. The molecule has 0 spiro atoms.